The van der Waals surface area contributed by atoms with Crippen molar-refractivity contribution in [2.24, 2.45) is 0 Å². The second-order valence-corrected chi connectivity index (χ2v) is 6.58. The number of hydrogen-bond donors (Lipinski definition) is 1. The summed E-state index contributed by atoms with van der Waals surface area (Å²) in [5.41, 5.74) is 2.58. The van der Waals surface area contributed by atoms with Crippen LogP contribution in [0.3, 0.4) is 0 Å². The number of ether oxygens (including phenoxy) is 1. The number of nitrogens with zero attached hydrogens (tertiary/aromatic N) is 2. The van der Waals surface area contributed by atoms with Gasteiger partial charge in [0.1, 0.15) is 5.82 Å². The van der Waals surface area contributed by atoms with Crippen molar-refractivity contribution < 1.29 is 9.13 Å². The predicted octanol–water partition coefficient (Wildman–Crippen LogP) is 2.35. The molecular weight excluding hydrogens is 309 g/mol. The van der Waals surface area contributed by atoms with Gasteiger partial charge < -0.3 is 9.72 Å². The number of benzene rings is 1. The molecule has 2 aliphatic rings. The normalized spacial score (nSPS) is 17.6. The molecule has 126 valence electrons. The second-order valence-electron chi connectivity index (χ2n) is 6.58. The molecule has 5 nitrogen and oxygen atoms in total. The van der Waals surface area contributed by atoms with Gasteiger partial charge in [-0.2, -0.15) is 0 Å². The van der Waals surface area contributed by atoms with Crippen LogP contribution in [0.4, 0.5) is 4.39 Å². The SMILES string of the molecule is COc1ccc(CN2CCc3c(nc(C4CC4)[nH]c3=O)C2)cc1F. The van der Waals surface area contributed by atoms with Crippen LogP contribution in [0.15, 0.2) is 23.0 Å². The third-order valence-electron chi connectivity index (χ3n) is 4.76. The number of fused-ring (bicyclic) bond motifs is 1. The van der Waals surface area contributed by atoms with E-state index in [4.69, 9.17) is 4.74 Å². The Morgan fingerprint density at radius 3 is 2.96 bits per heavy atom. The highest BCUT2D eigenvalue weighted by atomic mass is 19.1. The molecule has 24 heavy (non-hydrogen) atoms. The minimum atomic E-state index is -0.349. The van der Waals surface area contributed by atoms with E-state index in [0.29, 0.717) is 25.4 Å². The minimum absolute atomic E-state index is 0.0111. The summed E-state index contributed by atoms with van der Waals surface area (Å²) < 4.78 is 18.8. The van der Waals surface area contributed by atoms with E-state index in [1.165, 1.54) is 13.2 Å². The highest BCUT2D eigenvalue weighted by Crippen LogP contribution is 2.37. The number of hydrogen-bond acceptors (Lipinski definition) is 4. The largest absolute Gasteiger partial charge is 0.494 e. The van der Waals surface area contributed by atoms with Gasteiger partial charge in [0.2, 0.25) is 0 Å². The number of aromatic nitrogens is 2. The summed E-state index contributed by atoms with van der Waals surface area (Å²) in [4.78, 5) is 22.0. The average molecular weight is 329 g/mol. The molecule has 1 saturated carbocycles. The number of halogens is 1. The topological polar surface area (TPSA) is 58.2 Å². The first-order valence-corrected chi connectivity index (χ1v) is 8.31. The summed E-state index contributed by atoms with van der Waals surface area (Å²) in [5.74, 6) is 1.16. The molecule has 1 aliphatic heterocycles. The van der Waals surface area contributed by atoms with Gasteiger partial charge in [0.05, 0.1) is 12.8 Å². The Balaban J connectivity index is 1.53. The van der Waals surface area contributed by atoms with Gasteiger partial charge in [-0.1, -0.05) is 6.07 Å². The van der Waals surface area contributed by atoms with Crippen molar-refractivity contribution in [3.05, 3.63) is 57.0 Å². The lowest BCUT2D eigenvalue weighted by Gasteiger charge is -2.27. The summed E-state index contributed by atoms with van der Waals surface area (Å²) in [6.45, 7) is 2.04. The quantitative estimate of drug-likeness (QED) is 0.935. The van der Waals surface area contributed by atoms with Crippen molar-refractivity contribution >= 4 is 0 Å². The number of aromatic amines is 1. The first-order valence-electron chi connectivity index (χ1n) is 8.31. The van der Waals surface area contributed by atoms with Crippen LogP contribution in [-0.4, -0.2) is 28.5 Å². The van der Waals surface area contributed by atoms with E-state index in [-0.39, 0.29) is 17.1 Å². The van der Waals surface area contributed by atoms with Crippen LogP contribution in [0, 0.1) is 5.82 Å². The first kappa shape index (κ1) is 15.3. The molecule has 0 bridgehead atoms. The molecule has 1 aliphatic carbocycles. The van der Waals surface area contributed by atoms with Gasteiger partial charge in [0.15, 0.2) is 11.6 Å². The van der Waals surface area contributed by atoms with Crippen LogP contribution < -0.4 is 10.3 Å². The number of rotatable bonds is 4. The maximum Gasteiger partial charge on any atom is 0.254 e. The molecule has 0 amide bonds. The third kappa shape index (κ3) is 2.94. The summed E-state index contributed by atoms with van der Waals surface area (Å²) >= 11 is 0. The molecule has 0 radical (unpaired) electrons. The van der Waals surface area contributed by atoms with Crippen molar-refractivity contribution in [2.75, 3.05) is 13.7 Å². The molecule has 1 aromatic carbocycles. The smallest absolute Gasteiger partial charge is 0.254 e. The maximum atomic E-state index is 13.8. The Morgan fingerprint density at radius 1 is 1.42 bits per heavy atom. The molecule has 4 rings (SSSR count). The van der Waals surface area contributed by atoms with Crippen LogP contribution in [0.2, 0.25) is 0 Å². The summed E-state index contributed by atoms with van der Waals surface area (Å²) in [6.07, 6.45) is 2.90. The number of H-pyrrole nitrogens is 1. The van der Waals surface area contributed by atoms with E-state index < -0.39 is 0 Å². The monoisotopic (exact) mass is 329 g/mol. The van der Waals surface area contributed by atoms with Gasteiger partial charge >= 0.3 is 0 Å². The van der Waals surface area contributed by atoms with Crippen molar-refractivity contribution in [1.82, 2.24) is 14.9 Å². The van der Waals surface area contributed by atoms with E-state index in [0.717, 1.165) is 42.0 Å². The van der Waals surface area contributed by atoms with E-state index in [9.17, 15) is 9.18 Å². The lowest BCUT2D eigenvalue weighted by molar-refractivity contribution is 0.239. The Kier molecular flexibility index (Phi) is 3.84. The Hall–Kier alpha value is -2.21. The van der Waals surface area contributed by atoms with Crippen molar-refractivity contribution in [2.45, 2.75) is 38.3 Å². The fourth-order valence-corrected chi connectivity index (χ4v) is 3.26. The Morgan fingerprint density at radius 2 is 2.25 bits per heavy atom. The van der Waals surface area contributed by atoms with Crippen molar-refractivity contribution in [3.8, 4) is 5.75 Å². The van der Waals surface area contributed by atoms with E-state index >= 15 is 0 Å². The summed E-state index contributed by atoms with van der Waals surface area (Å²) in [6, 6.07) is 5.03. The predicted molar refractivity (Wildman–Crippen MR) is 87.6 cm³/mol. The lowest BCUT2D eigenvalue weighted by atomic mass is 10.1. The molecule has 2 aromatic rings. The molecule has 1 aromatic heterocycles. The van der Waals surface area contributed by atoms with E-state index in [1.54, 1.807) is 6.07 Å². The van der Waals surface area contributed by atoms with E-state index in [2.05, 4.69) is 14.9 Å². The molecule has 1 N–H and O–H groups in total. The fourth-order valence-electron chi connectivity index (χ4n) is 3.26. The average Bonchev–Trinajstić information content (AvgIpc) is 3.39. The number of nitrogens with one attached hydrogen (secondary N) is 1. The summed E-state index contributed by atoms with van der Waals surface area (Å²) in [5, 5.41) is 0. The fraction of sp³-hybridized carbons (Fsp3) is 0.444. The van der Waals surface area contributed by atoms with Gasteiger partial charge in [-0.25, -0.2) is 9.37 Å². The van der Waals surface area contributed by atoms with Gasteiger partial charge in [0.25, 0.3) is 5.56 Å². The Labute approximate surface area is 139 Å². The zero-order chi connectivity index (χ0) is 16.7. The highest BCUT2D eigenvalue weighted by Gasteiger charge is 2.29. The van der Waals surface area contributed by atoms with Gasteiger partial charge in [-0.3, -0.25) is 9.69 Å². The van der Waals surface area contributed by atoms with Crippen molar-refractivity contribution in [1.29, 1.82) is 0 Å². The molecule has 1 fully saturated rings. The number of methoxy groups -OCH3 is 1. The highest BCUT2D eigenvalue weighted by molar-refractivity contribution is 5.30. The lowest BCUT2D eigenvalue weighted by Crippen LogP contribution is -2.35. The zero-order valence-corrected chi connectivity index (χ0v) is 13.6. The molecule has 2 heterocycles. The van der Waals surface area contributed by atoms with Crippen LogP contribution >= 0.6 is 0 Å². The van der Waals surface area contributed by atoms with E-state index in [1.807, 2.05) is 6.07 Å². The molecule has 0 atom stereocenters. The van der Waals surface area contributed by atoms with Gasteiger partial charge in [-0.05, 0) is 37.0 Å². The zero-order valence-electron chi connectivity index (χ0n) is 13.6. The van der Waals surface area contributed by atoms with Crippen LogP contribution in [-0.2, 0) is 19.5 Å². The van der Waals surface area contributed by atoms with Gasteiger partial charge in [0, 0.05) is 31.1 Å². The third-order valence-corrected chi connectivity index (χ3v) is 4.76. The standard InChI is InChI=1S/C18H20FN3O2/c1-24-16-5-2-11(8-14(16)19)9-22-7-6-13-15(10-22)20-17(12-3-4-12)21-18(13)23/h2,5,8,12H,3-4,6-7,9-10H2,1H3,(H,20,21,23). The molecule has 0 spiro atoms. The second kappa shape index (κ2) is 6.02. The van der Waals surface area contributed by atoms with Crippen LogP contribution in [0.5, 0.6) is 5.75 Å². The molecular formula is C18H20FN3O2. The summed E-state index contributed by atoms with van der Waals surface area (Å²) in [7, 11) is 1.46. The van der Waals surface area contributed by atoms with Crippen LogP contribution in [0.25, 0.3) is 0 Å². The maximum absolute atomic E-state index is 13.8. The molecule has 0 unspecified atom stereocenters. The van der Waals surface area contributed by atoms with Crippen LogP contribution in [0.1, 0.15) is 41.4 Å². The van der Waals surface area contributed by atoms with Gasteiger partial charge in [-0.15, -0.1) is 0 Å². The van der Waals surface area contributed by atoms with Crippen molar-refractivity contribution in [3.63, 3.8) is 0 Å². The first-order chi connectivity index (χ1) is 11.6. The molecule has 6 heteroatoms. The molecule has 0 saturated heterocycles. The minimum Gasteiger partial charge on any atom is -0.494 e. The Bertz CT molecular complexity index is 829.